The Kier molecular flexibility index (Phi) is 46.2. The standard InChI is InChI=1S/C63H102O12/c1-4-7-10-13-16-19-22-25-27-28-30-32-34-37-40-43-46-49-55(64)71-52-54(73-56(65)50-47-44-41-38-36-33-29-26-23-20-17-14-11-8-5-2)53-72-63-61(59(68)58(67)60(75-63)62(69)70)74-57(66)51-48-45-42-39-35-31-24-21-18-15-12-9-6-3/h7-8,10-11,16-17,19-20,25-27,29-30,32,36,38,54,58-61,63,67-68H,4-6,9,12-15,18,21-24,28,31,33-35,37,39-53H2,1-3H3,(H,69,70)/b10-7-,11-8-,19-16-,20-17-,27-25-,29-26-,32-30-,38-36-. The molecule has 426 valence electrons. The lowest BCUT2D eigenvalue weighted by Crippen LogP contribution is -2.61. The molecule has 1 saturated heterocycles. The average Bonchev–Trinajstić information content (AvgIpc) is 3.39. The molecule has 0 aliphatic carbocycles. The molecule has 0 saturated carbocycles. The van der Waals surface area contributed by atoms with Gasteiger partial charge in [0.15, 0.2) is 24.6 Å². The van der Waals surface area contributed by atoms with Gasteiger partial charge in [0, 0.05) is 19.3 Å². The van der Waals surface area contributed by atoms with E-state index in [0.717, 1.165) is 116 Å². The second-order valence-corrected chi connectivity index (χ2v) is 19.5. The average molecular weight is 1050 g/mol. The molecule has 1 aliphatic heterocycles. The van der Waals surface area contributed by atoms with Crippen LogP contribution in [-0.4, -0.2) is 89.2 Å². The molecule has 6 unspecified atom stereocenters. The minimum Gasteiger partial charge on any atom is -0.479 e. The van der Waals surface area contributed by atoms with Crippen LogP contribution in [0.15, 0.2) is 97.2 Å². The van der Waals surface area contributed by atoms with Gasteiger partial charge >= 0.3 is 23.9 Å². The Morgan fingerprint density at radius 1 is 0.453 bits per heavy atom. The summed E-state index contributed by atoms with van der Waals surface area (Å²) in [5.41, 5.74) is 0. The van der Waals surface area contributed by atoms with Crippen molar-refractivity contribution in [1.29, 1.82) is 0 Å². The Hall–Kier alpha value is -4.36. The number of rotatable bonds is 48. The van der Waals surface area contributed by atoms with Gasteiger partial charge in [-0.3, -0.25) is 14.4 Å². The second kappa shape index (κ2) is 50.5. The SMILES string of the molecule is CC/C=C\C/C=C\C/C=C\C/C=C\CCCCCCC(=O)OCC(COC1OC(C(=O)O)C(O)C(O)C1OC(=O)CCCCCCCCCCCCCCC)OC(=O)CCCC/C=C\C/C=C\C/C=C\C/C=C\CC. The monoisotopic (exact) mass is 1050 g/mol. The number of aliphatic hydroxyl groups excluding tert-OH is 2. The molecule has 0 aromatic rings. The van der Waals surface area contributed by atoms with Gasteiger partial charge in [-0.2, -0.15) is 0 Å². The number of unbranched alkanes of at least 4 members (excludes halogenated alkanes) is 18. The quantitative estimate of drug-likeness (QED) is 0.0228. The lowest BCUT2D eigenvalue weighted by Gasteiger charge is -2.40. The first kappa shape index (κ1) is 68.7. The Balaban J connectivity index is 2.75. The molecule has 0 aromatic heterocycles. The fraction of sp³-hybridized carbons (Fsp3) is 0.683. The number of allylic oxidation sites excluding steroid dienone is 16. The van der Waals surface area contributed by atoms with Crippen LogP contribution < -0.4 is 0 Å². The van der Waals surface area contributed by atoms with Gasteiger partial charge in [0.1, 0.15) is 18.8 Å². The van der Waals surface area contributed by atoms with Crippen molar-refractivity contribution < 1.29 is 58.2 Å². The Labute approximate surface area is 453 Å². The zero-order valence-corrected chi connectivity index (χ0v) is 46.8. The lowest BCUT2D eigenvalue weighted by atomic mass is 9.98. The predicted octanol–water partition coefficient (Wildman–Crippen LogP) is 14.9. The fourth-order valence-electron chi connectivity index (χ4n) is 8.23. The first-order valence-corrected chi connectivity index (χ1v) is 29.2. The van der Waals surface area contributed by atoms with Gasteiger partial charge in [0.25, 0.3) is 0 Å². The van der Waals surface area contributed by atoms with E-state index in [2.05, 4.69) is 118 Å². The van der Waals surface area contributed by atoms with Crippen LogP contribution in [0.3, 0.4) is 0 Å². The van der Waals surface area contributed by atoms with Crippen molar-refractivity contribution in [2.45, 2.75) is 263 Å². The van der Waals surface area contributed by atoms with Crippen molar-refractivity contribution in [2.24, 2.45) is 0 Å². The molecular formula is C63H102O12. The summed E-state index contributed by atoms with van der Waals surface area (Å²) in [5.74, 6) is -3.21. The van der Waals surface area contributed by atoms with E-state index >= 15 is 0 Å². The summed E-state index contributed by atoms with van der Waals surface area (Å²) in [6, 6.07) is 0. The maximum absolute atomic E-state index is 13.1. The van der Waals surface area contributed by atoms with E-state index in [1.807, 2.05) is 0 Å². The first-order chi connectivity index (χ1) is 36.6. The fourth-order valence-corrected chi connectivity index (χ4v) is 8.23. The van der Waals surface area contributed by atoms with Crippen LogP contribution in [0.5, 0.6) is 0 Å². The molecule has 1 rings (SSSR count). The molecule has 1 fully saturated rings. The van der Waals surface area contributed by atoms with Crippen LogP contribution in [0.1, 0.15) is 226 Å². The van der Waals surface area contributed by atoms with Crippen LogP contribution in [0.25, 0.3) is 0 Å². The molecule has 3 N–H and O–H groups in total. The summed E-state index contributed by atoms with van der Waals surface area (Å²) in [6.07, 6.45) is 53.8. The smallest absolute Gasteiger partial charge is 0.335 e. The first-order valence-electron chi connectivity index (χ1n) is 29.2. The Bertz CT molecular complexity index is 1670. The summed E-state index contributed by atoms with van der Waals surface area (Å²) in [4.78, 5) is 51.1. The number of esters is 3. The molecule has 0 amide bonds. The minimum absolute atomic E-state index is 0.0515. The highest BCUT2D eigenvalue weighted by Crippen LogP contribution is 2.26. The van der Waals surface area contributed by atoms with Gasteiger partial charge in [0.2, 0.25) is 0 Å². The molecule has 0 bridgehead atoms. The van der Waals surface area contributed by atoms with Gasteiger partial charge in [-0.15, -0.1) is 0 Å². The van der Waals surface area contributed by atoms with Crippen molar-refractivity contribution in [1.82, 2.24) is 0 Å². The topological polar surface area (TPSA) is 175 Å². The number of ether oxygens (including phenoxy) is 5. The van der Waals surface area contributed by atoms with Crippen LogP contribution >= 0.6 is 0 Å². The van der Waals surface area contributed by atoms with E-state index in [1.54, 1.807) is 0 Å². The number of carboxylic acids is 1. The van der Waals surface area contributed by atoms with E-state index < -0.39 is 67.3 Å². The van der Waals surface area contributed by atoms with Crippen molar-refractivity contribution in [2.75, 3.05) is 13.2 Å². The molecule has 0 radical (unpaired) electrons. The molecule has 12 nitrogen and oxygen atoms in total. The Morgan fingerprint density at radius 3 is 1.31 bits per heavy atom. The number of carboxylic acid groups (broad SMARTS) is 1. The summed E-state index contributed by atoms with van der Waals surface area (Å²) < 4.78 is 28.3. The number of aliphatic carboxylic acids is 1. The number of hydrogen-bond donors (Lipinski definition) is 3. The third kappa shape index (κ3) is 40.6. The van der Waals surface area contributed by atoms with Gasteiger partial charge < -0.3 is 39.0 Å². The predicted molar refractivity (Wildman–Crippen MR) is 303 cm³/mol. The van der Waals surface area contributed by atoms with Crippen molar-refractivity contribution >= 4 is 23.9 Å². The normalized spacial score (nSPS) is 18.9. The molecule has 1 aliphatic rings. The number of hydrogen-bond acceptors (Lipinski definition) is 11. The van der Waals surface area contributed by atoms with Crippen LogP contribution in [0.4, 0.5) is 0 Å². The van der Waals surface area contributed by atoms with E-state index in [9.17, 15) is 34.5 Å². The Morgan fingerprint density at radius 2 is 0.840 bits per heavy atom. The van der Waals surface area contributed by atoms with Gasteiger partial charge in [-0.1, -0.05) is 208 Å². The maximum Gasteiger partial charge on any atom is 0.335 e. The summed E-state index contributed by atoms with van der Waals surface area (Å²) >= 11 is 0. The van der Waals surface area contributed by atoms with E-state index in [0.29, 0.717) is 19.3 Å². The second-order valence-electron chi connectivity index (χ2n) is 19.5. The maximum atomic E-state index is 13.1. The van der Waals surface area contributed by atoms with Gasteiger partial charge in [-0.25, -0.2) is 4.79 Å². The third-order valence-electron chi connectivity index (χ3n) is 12.7. The summed E-state index contributed by atoms with van der Waals surface area (Å²) in [6.45, 7) is 5.70. The van der Waals surface area contributed by atoms with Crippen LogP contribution in [0.2, 0.25) is 0 Å². The molecule has 1 heterocycles. The molecular weight excluding hydrogens is 949 g/mol. The van der Waals surface area contributed by atoms with Crippen molar-refractivity contribution in [3.63, 3.8) is 0 Å². The van der Waals surface area contributed by atoms with E-state index in [-0.39, 0.29) is 25.9 Å². The van der Waals surface area contributed by atoms with Gasteiger partial charge in [-0.05, 0) is 96.3 Å². The largest absolute Gasteiger partial charge is 0.479 e. The molecule has 6 atom stereocenters. The molecule has 75 heavy (non-hydrogen) atoms. The minimum atomic E-state index is -1.91. The zero-order valence-electron chi connectivity index (χ0n) is 46.8. The van der Waals surface area contributed by atoms with E-state index in [4.69, 9.17) is 23.7 Å². The molecule has 12 heteroatoms. The van der Waals surface area contributed by atoms with E-state index in [1.165, 1.54) is 51.4 Å². The van der Waals surface area contributed by atoms with Crippen LogP contribution in [-0.2, 0) is 42.9 Å². The number of carbonyl (C=O) groups excluding carboxylic acids is 3. The summed E-state index contributed by atoms with van der Waals surface area (Å²) in [5, 5.41) is 31.5. The molecule has 0 aromatic carbocycles. The third-order valence-corrected chi connectivity index (χ3v) is 12.7. The summed E-state index contributed by atoms with van der Waals surface area (Å²) in [7, 11) is 0. The van der Waals surface area contributed by atoms with Crippen LogP contribution in [0, 0.1) is 0 Å². The molecule has 0 spiro atoms. The van der Waals surface area contributed by atoms with Gasteiger partial charge in [0.05, 0.1) is 6.61 Å². The zero-order chi connectivity index (χ0) is 54.7. The highest BCUT2D eigenvalue weighted by molar-refractivity contribution is 5.74. The highest BCUT2D eigenvalue weighted by Gasteiger charge is 2.50. The highest BCUT2D eigenvalue weighted by atomic mass is 16.7. The lowest BCUT2D eigenvalue weighted by molar-refractivity contribution is -0.301. The van der Waals surface area contributed by atoms with Crippen molar-refractivity contribution in [3.05, 3.63) is 97.2 Å². The number of aliphatic hydroxyl groups is 2. The number of carbonyl (C=O) groups is 4. The van der Waals surface area contributed by atoms with Crippen molar-refractivity contribution in [3.8, 4) is 0 Å².